The third-order valence-electron chi connectivity index (χ3n) is 7.46. The molecular weight excluding hydrogens is 360 g/mol. The molecule has 0 heteroatoms. The highest BCUT2D eigenvalue weighted by molar-refractivity contribution is 5.43. The Bertz CT molecular complexity index is 697. The van der Waals surface area contributed by atoms with E-state index in [4.69, 9.17) is 0 Å². The third-order valence-corrected chi connectivity index (χ3v) is 7.46. The van der Waals surface area contributed by atoms with Crippen LogP contribution in [-0.4, -0.2) is 0 Å². The first kappa shape index (κ1) is 23.1. The van der Waals surface area contributed by atoms with Crippen LogP contribution < -0.4 is 0 Å². The van der Waals surface area contributed by atoms with Crippen molar-refractivity contribution in [2.24, 2.45) is 5.92 Å². The molecule has 1 aliphatic carbocycles. The van der Waals surface area contributed by atoms with E-state index in [0.29, 0.717) is 0 Å². The standard InChI is InChI=1S/C30H44/c1-4-7-8-9-14-25-19-21-30(22-20-25,28-17-10-15-26(23-28)12-5-2)29-18-11-16-27(24-29)13-6-3/h10-11,15-18,23-25H,4-9,12-14,19-22H2,1-3H3. The van der Waals surface area contributed by atoms with Gasteiger partial charge in [-0.25, -0.2) is 0 Å². The van der Waals surface area contributed by atoms with E-state index in [0.717, 1.165) is 5.92 Å². The SMILES string of the molecule is CCCCCCC1CCC(c2cccc(CCC)c2)(c2cccc(CCC)c2)CC1. The maximum absolute atomic E-state index is 2.54. The number of hydrogen-bond donors (Lipinski definition) is 0. The molecule has 0 heterocycles. The van der Waals surface area contributed by atoms with Crippen molar-refractivity contribution < 1.29 is 0 Å². The van der Waals surface area contributed by atoms with E-state index in [1.807, 2.05) is 0 Å². The van der Waals surface area contributed by atoms with Gasteiger partial charge in [-0.05, 0) is 66.7 Å². The fourth-order valence-electron chi connectivity index (χ4n) is 5.69. The number of rotatable bonds is 11. The van der Waals surface area contributed by atoms with Crippen molar-refractivity contribution in [3.8, 4) is 0 Å². The summed E-state index contributed by atoms with van der Waals surface area (Å²) >= 11 is 0. The first-order valence-corrected chi connectivity index (χ1v) is 12.9. The molecule has 2 aromatic carbocycles. The molecule has 0 aliphatic heterocycles. The predicted molar refractivity (Wildman–Crippen MR) is 132 cm³/mol. The van der Waals surface area contributed by atoms with Crippen LogP contribution in [0.15, 0.2) is 48.5 Å². The Labute approximate surface area is 186 Å². The monoisotopic (exact) mass is 404 g/mol. The van der Waals surface area contributed by atoms with Gasteiger partial charge in [0.05, 0.1) is 0 Å². The summed E-state index contributed by atoms with van der Waals surface area (Å²) in [4.78, 5) is 0. The summed E-state index contributed by atoms with van der Waals surface area (Å²) in [6.07, 6.45) is 17.3. The van der Waals surface area contributed by atoms with Crippen molar-refractivity contribution >= 4 is 0 Å². The lowest BCUT2D eigenvalue weighted by Gasteiger charge is -2.42. The summed E-state index contributed by atoms with van der Waals surface area (Å²) in [5.41, 5.74) is 6.40. The van der Waals surface area contributed by atoms with Crippen LogP contribution in [0.1, 0.15) is 114 Å². The zero-order chi connectivity index (χ0) is 21.2. The molecule has 1 fully saturated rings. The molecule has 2 aromatic rings. The van der Waals surface area contributed by atoms with Crippen LogP contribution in [0.2, 0.25) is 0 Å². The Hall–Kier alpha value is -1.56. The normalized spacial score (nSPS) is 16.6. The molecule has 0 radical (unpaired) electrons. The summed E-state index contributed by atoms with van der Waals surface area (Å²) in [5.74, 6) is 0.938. The number of unbranched alkanes of at least 4 members (excludes halogenated alkanes) is 3. The van der Waals surface area contributed by atoms with Crippen LogP contribution in [0.3, 0.4) is 0 Å². The Morgan fingerprint density at radius 2 is 1.27 bits per heavy atom. The van der Waals surface area contributed by atoms with E-state index in [1.165, 1.54) is 94.6 Å². The van der Waals surface area contributed by atoms with Crippen molar-refractivity contribution in [2.45, 2.75) is 110 Å². The predicted octanol–water partition coefficient (Wildman–Crippen LogP) is 9.04. The van der Waals surface area contributed by atoms with Gasteiger partial charge in [-0.2, -0.15) is 0 Å². The zero-order valence-electron chi connectivity index (χ0n) is 19.9. The van der Waals surface area contributed by atoms with Gasteiger partial charge < -0.3 is 0 Å². The van der Waals surface area contributed by atoms with Gasteiger partial charge in [0.25, 0.3) is 0 Å². The highest BCUT2D eigenvalue weighted by atomic mass is 14.4. The highest BCUT2D eigenvalue weighted by Gasteiger charge is 2.38. The molecule has 0 aromatic heterocycles. The third kappa shape index (κ3) is 5.77. The smallest absolute Gasteiger partial charge is 0.0203 e. The molecular formula is C30H44. The van der Waals surface area contributed by atoms with Crippen LogP contribution in [0.25, 0.3) is 0 Å². The molecule has 0 N–H and O–H groups in total. The molecule has 1 saturated carbocycles. The van der Waals surface area contributed by atoms with Gasteiger partial charge in [0, 0.05) is 5.41 Å². The van der Waals surface area contributed by atoms with Crippen LogP contribution in [-0.2, 0) is 18.3 Å². The summed E-state index contributed by atoms with van der Waals surface area (Å²) in [6, 6.07) is 19.2. The Morgan fingerprint density at radius 3 is 1.77 bits per heavy atom. The second kappa shape index (κ2) is 11.7. The summed E-state index contributed by atoms with van der Waals surface area (Å²) < 4.78 is 0. The number of hydrogen-bond acceptors (Lipinski definition) is 0. The highest BCUT2D eigenvalue weighted by Crippen LogP contribution is 2.48. The van der Waals surface area contributed by atoms with E-state index in [2.05, 4.69) is 69.3 Å². The van der Waals surface area contributed by atoms with Crippen LogP contribution in [0, 0.1) is 5.92 Å². The quantitative estimate of drug-likeness (QED) is 0.328. The molecule has 0 amide bonds. The van der Waals surface area contributed by atoms with Crippen LogP contribution in [0.4, 0.5) is 0 Å². The largest absolute Gasteiger partial charge is 0.0654 e. The summed E-state index contributed by atoms with van der Waals surface area (Å²) in [6.45, 7) is 6.90. The van der Waals surface area contributed by atoms with Crippen molar-refractivity contribution in [3.63, 3.8) is 0 Å². The van der Waals surface area contributed by atoms with Crippen LogP contribution >= 0.6 is 0 Å². The van der Waals surface area contributed by atoms with Gasteiger partial charge in [-0.1, -0.05) is 114 Å². The lowest BCUT2D eigenvalue weighted by molar-refractivity contribution is 0.250. The topological polar surface area (TPSA) is 0 Å². The van der Waals surface area contributed by atoms with Gasteiger partial charge in [0.2, 0.25) is 0 Å². The minimum Gasteiger partial charge on any atom is -0.0654 e. The van der Waals surface area contributed by atoms with Gasteiger partial charge in [-0.15, -0.1) is 0 Å². The van der Waals surface area contributed by atoms with Gasteiger partial charge in [0.1, 0.15) is 0 Å². The average Bonchev–Trinajstić information content (AvgIpc) is 2.78. The fraction of sp³-hybridized carbons (Fsp3) is 0.600. The van der Waals surface area contributed by atoms with Gasteiger partial charge in [0.15, 0.2) is 0 Å². The minimum atomic E-state index is 0.216. The second-order valence-corrected chi connectivity index (χ2v) is 9.78. The minimum absolute atomic E-state index is 0.216. The van der Waals surface area contributed by atoms with E-state index in [1.54, 1.807) is 11.1 Å². The van der Waals surface area contributed by atoms with Crippen LogP contribution in [0.5, 0.6) is 0 Å². The second-order valence-electron chi connectivity index (χ2n) is 9.78. The van der Waals surface area contributed by atoms with Gasteiger partial charge >= 0.3 is 0 Å². The maximum Gasteiger partial charge on any atom is 0.0203 e. The lowest BCUT2D eigenvalue weighted by atomic mass is 9.62. The number of benzene rings is 2. The molecule has 0 saturated heterocycles. The molecule has 30 heavy (non-hydrogen) atoms. The average molecular weight is 405 g/mol. The summed E-state index contributed by atoms with van der Waals surface area (Å²) in [7, 11) is 0. The molecule has 0 nitrogen and oxygen atoms in total. The van der Waals surface area contributed by atoms with E-state index >= 15 is 0 Å². The lowest BCUT2D eigenvalue weighted by Crippen LogP contribution is -2.33. The molecule has 0 unspecified atom stereocenters. The Kier molecular flexibility index (Phi) is 9.04. The molecule has 0 bridgehead atoms. The zero-order valence-corrected chi connectivity index (χ0v) is 19.9. The van der Waals surface area contributed by atoms with E-state index in [9.17, 15) is 0 Å². The molecule has 0 spiro atoms. The molecule has 3 rings (SSSR count). The molecule has 164 valence electrons. The Balaban J connectivity index is 1.85. The van der Waals surface area contributed by atoms with E-state index in [-0.39, 0.29) is 5.41 Å². The van der Waals surface area contributed by atoms with Crippen molar-refractivity contribution in [1.82, 2.24) is 0 Å². The van der Waals surface area contributed by atoms with E-state index < -0.39 is 0 Å². The first-order chi connectivity index (χ1) is 14.7. The van der Waals surface area contributed by atoms with Crippen molar-refractivity contribution in [3.05, 3.63) is 70.8 Å². The van der Waals surface area contributed by atoms with Gasteiger partial charge in [-0.3, -0.25) is 0 Å². The first-order valence-electron chi connectivity index (χ1n) is 12.9. The Morgan fingerprint density at radius 1 is 0.700 bits per heavy atom. The van der Waals surface area contributed by atoms with Crippen molar-refractivity contribution in [2.75, 3.05) is 0 Å². The van der Waals surface area contributed by atoms with Crippen molar-refractivity contribution in [1.29, 1.82) is 0 Å². The maximum atomic E-state index is 2.54. The number of aryl methyl sites for hydroxylation is 2. The summed E-state index contributed by atoms with van der Waals surface area (Å²) in [5, 5.41) is 0. The molecule has 1 aliphatic rings. The molecule has 0 atom stereocenters. The fourth-order valence-corrected chi connectivity index (χ4v) is 5.69.